The van der Waals surface area contributed by atoms with E-state index in [2.05, 4.69) is 32.6 Å². The predicted octanol–water partition coefficient (Wildman–Crippen LogP) is 3.78. The molecule has 0 spiro atoms. The molecule has 20 heavy (non-hydrogen) atoms. The van der Waals surface area contributed by atoms with Gasteiger partial charge in [0.25, 0.3) is 0 Å². The lowest BCUT2D eigenvalue weighted by Crippen LogP contribution is -2.50. The first-order valence-electron chi connectivity index (χ1n) is 7.12. The SMILES string of the molecule is CC(NC1CCCc2sc(Br)cc21)C(=O)NC(C)(C)C. The minimum atomic E-state index is -0.184. The average Bonchev–Trinajstić information content (AvgIpc) is 2.68. The number of fused-ring (bicyclic) bond motifs is 1. The Labute approximate surface area is 133 Å². The van der Waals surface area contributed by atoms with Crippen molar-refractivity contribution < 1.29 is 4.79 Å². The number of carbonyl (C=O) groups excluding carboxylic acids is 1. The van der Waals surface area contributed by atoms with Crippen molar-refractivity contribution in [2.75, 3.05) is 0 Å². The van der Waals surface area contributed by atoms with E-state index >= 15 is 0 Å². The molecular weight excluding hydrogens is 336 g/mol. The molecule has 0 fully saturated rings. The molecule has 1 heterocycles. The van der Waals surface area contributed by atoms with Crippen molar-refractivity contribution in [3.8, 4) is 0 Å². The fourth-order valence-corrected chi connectivity index (χ4v) is 4.37. The summed E-state index contributed by atoms with van der Waals surface area (Å²) in [4.78, 5) is 13.6. The Hall–Kier alpha value is -0.390. The van der Waals surface area contributed by atoms with Gasteiger partial charge < -0.3 is 5.32 Å². The summed E-state index contributed by atoms with van der Waals surface area (Å²) in [6.07, 6.45) is 3.45. The molecule has 0 saturated carbocycles. The molecule has 1 aliphatic rings. The van der Waals surface area contributed by atoms with Crippen LogP contribution in [0.25, 0.3) is 0 Å². The van der Waals surface area contributed by atoms with Crippen LogP contribution < -0.4 is 10.6 Å². The van der Waals surface area contributed by atoms with E-state index in [-0.39, 0.29) is 17.5 Å². The second-order valence-electron chi connectivity index (χ2n) is 6.50. The lowest BCUT2D eigenvalue weighted by atomic mass is 9.93. The lowest BCUT2D eigenvalue weighted by molar-refractivity contribution is -0.124. The van der Waals surface area contributed by atoms with E-state index in [0.717, 1.165) is 12.8 Å². The van der Waals surface area contributed by atoms with Crippen LogP contribution in [-0.4, -0.2) is 17.5 Å². The fraction of sp³-hybridized carbons (Fsp3) is 0.667. The van der Waals surface area contributed by atoms with E-state index in [9.17, 15) is 4.79 Å². The maximum Gasteiger partial charge on any atom is 0.237 e. The standard InChI is InChI=1S/C15H23BrN2OS/c1-9(14(19)18-15(2,3)4)17-11-6-5-7-12-10(11)8-13(16)20-12/h8-9,11,17H,5-7H2,1-4H3,(H,18,19). The highest BCUT2D eigenvalue weighted by Crippen LogP contribution is 2.38. The Morgan fingerprint density at radius 2 is 2.20 bits per heavy atom. The van der Waals surface area contributed by atoms with Crippen LogP contribution in [0.3, 0.4) is 0 Å². The molecule has 2 atom stereocenters. The molecule has 0 aromatic carbocycles. The third-order valence-corrected chi connectivity index (χ3v) is 5.14. The van der Waals surface area contributed by atoms with Gasteiger partial charge in [0.1, 0.15) is 0 Å². The first kappa shape index (κ1) is 16.0. The molecular formula is C15H23BrN2OS. The van der Waals surface area contributed by atoms with Crippen LogP contribution in [0.5, 0.6) is 0 Å². The largest absolute Gasteiger partial charge is 0.350 e. The van der Waals surface area contributed by atoms with E-state index in [0.29, 0.717) is 6.04 Å². The normalized spacial score (nSPS) is 20.4. The number of nitrogens with one attached hydrogen (secondary N) is 2. The Balaban J connectivity index is 2.02. The van der Waals surface area contributed by atoms with Gasteiger partial charge in [-0.2, -0.15) is 0 Å². The Bertz CT molecular complexity index is 493. The first-order chi connectivity index (χ1) is 9.26. The summed E-state index contributed by atoms with van der Waals surface area (Å²) >= 11 is 5.38. The smallest absolute Gasteiger partial charge is 0.237 e. The summed E-state index contributed by atoms with van der Waals surface area (Å²) in [5.41, 5.74) is 1.18. The molecule has 5 heteroatoms. The zero-order valence-corrected chi connectivity index (χ0v) is 15.0. The second-order valence-corrected chi connectivity index (χ2v) is 9.02. The van der Waals surface area contributed by atoms with E-state index in [1.54, 1.807) is 0 Å². The van der Waals surface area contributed by atoms with E-state index < -0.39 is 0 Å². The van der Waals surface area contributed by atoms with Crippen molar-refractivity contribution in [2.24, 2.45) is 0 Å². The molecule has 0 saturated heterocycles. The van der Waals surface area contributed by atoms with Crippen molar-refractivity contribution in [2.45, 2.75) is 64.6 Å². The topological polar surface area (TPSA) is 41.1 Å². The fourth-order valence-electron chi connectivity index (χ4n) is 2.55. The van der Waals surface area contributed by atoms with Gasteiger partial charge in [-0.25, -0.2) is 0 Å². The van der Waals surface area contributed by atoms with Crippen molar-refractivity contribution in [3.63, 3.8) is 0 Å². The summed E-state index contributed by atoms with van der Waals surface area (Å²) in [5, 5.41) is 6.51. The monoisotopic (exact) mass is 358 g/mol. The van der Waals surface area contributed by atoms with Gasteiger partial charge in [-0.3, -0.25) is 10.1 Å². The summed E-state index contributed by atoms with van der Waals surface area (Å²) < 4.78 is 1.18. The molecule has 0 bridgehead atoms. The third-order valence-electron chi connectivity index (χ3n) is 3.43. The molecule has 1 aromatic heterocycles. The lowest BCUT2D eigenvalue weighted by Gasteiger charge is -2.29. The molecule has 3 nitrogen and oxygen atoms in total. The van der Waals surface area contributed by atoms with E-state index in [4.69, 9.17) is 0 Å². The summed E-state index contributed by atoms with van der Waals surface area (Å²) in [5.74, 6) is 0.0684. The number of halogens is 1. The maximum atomic E-state index is 12.2. The Morgan fingerprint density at radius 3 is 2.85 bits per heavy atom. The summed E-state index contributed by atoms with van der Waals surface area (Å²) in [6.45, 7) is 7.96. The quantitative estimate of drug-likeness (QED) is 0.862. The molecule has 0 aliphatic heterocycles. The van der Waals surface area contributed by atoms with Crippen LogP contribution in [0, 0.1) is 0 Å². The highest BCUT2D eigenvalue weighted by atomic mass is 79.9. The van der Waals surface area contributed by atoms with Crippen molar-refractivity contribution in [1.29, 1.82) is 0 Å². The first-order valence-corrected chi connectivity index (χ1v) is 8.73. The number of hydrogen-bond donors (Lipinski definition) is 2. The van der Waals surface area contributed by atoms with Gasteiger partial charge in [0.05, 0.1) is 9.83 Å². The minimum absolute atomic E-state index is 0.0684. The number of carbonyl (C=O) groups is 1. The van der Waals surface area contributed by atoms with Crippen LogP contribution in [0.15, 0.2) is 9.85 Å². The second kappa shape index (κ2) is 6.16. The average molecular weight is 359 g/mol. The molecule has 1 amide bonds. The van der Waals surface area contributed by atoms with Gasteiger partial charge in [0.15, 0.2) is 0 Å². The number of aryl methyl sites for hydroxylation is 1. The van der Waals surface area contributed by atoms with Crippen LogP contribution >= 0.6 is 27.3 Å². The third kappa shape index (κ3) is 4.06. The molecule has 2 unspecified atom stereocenters. The van der Waals surface area contributed by atoms with Gasteiger partial charge in [-0.1, -0.05) is 0 Å². The zero-order valence-electron chi connectivity index (χ0n) is 12.5. The maximum absolute atomic E-state index is 12.2. The Kier molecular flexibility index (Phi) is 4.92. The zero-order chi connectivity index (χ0) is 14.9. The highest BCUT2D eigenvalue weighted by Gasteiger charge is 2.26. The number of thiophene rings is 1. The van der Waals surface area contributed by atoms with Crippen LogP contribution in [0.2, 0.25) is 0 Å². The van der Waals surface area contributed by atoms with Gasteiger partial charge >= 0.3 is 0 Å². The number of rotatable bonds is 3. The molecule has 2 rings (SSSR count). The van der Waals surface area contributed by atoms with Gasteiger partial charge in [-0.15, -0.1) is 11.3 Å². The van der Waals surface area contributed by atoms with Gasteiger partial charge in [-0.05, 0) is 74.5 Å². The van der Waals surface area contributed by atoms with E-state index in [1.807, 2.05) is 39.0 Å². The number of hydrogen-bond acceptors (Lipinski definition) is 3. The van der Waals surface area contributed by atoms with Crippen molar-refractivity contribution >= 4 is 33.2 Å². The Morgan fingerprint density at radius 1 is 1.50 bits per heavy atom. The van der Waals surface area contributed by atoms with Crippen LogP contribution in [-0.2, 0) is 11.2 Å². The highest BCUT2D eigenvalue weighted by molar-refractivity contribution is 9.11. The molecule has 2 N–H and O–H groups in total. The predicted molar refractivity (Wildman–Crippen MR) is 88.2 cm³/mol. The number of amides is 1. The molecule has 0 radical (unpaired) electrons. The molecule has 1 aromatic rings. The van der Waals surface area contributed by atoms with Crippen LogP contribution in [0.4, 0.5) is 0 Å². The van der Waals surface area contributed by atoms with E-state index in [1.165, 1.54) is 20.6 Å². The van der Waals surface area contributed by atoms with Crippen molar-refractivity contribution in [1.82, 2.24) is 10.6 Å². The minimum Gasteiger partial charge on any atom is -0.350 e. The van der Waals surface area contributed by atoms with Crippen LogP contribution in [0.1, 0.15) is 57.0 Å². The van der Waals surface area contributed by atoms with Crippen molar-refractivity contribution in [3.05, 3.63) is 20.3 Å². The van der Waals surface area contributed by atoms with Gasteiger partial charge in [0.2, 0.25) is 5.91 Å². The molecule has 1 aliphatic carbocycles. The molecule has 112 valence electrons. The van der Waals surface area contributed by atoms with Gasteiger partial charge in [0, 0.05) is 16.5 Å². The summed E-state index contributed by atoms with van der Waals surface area (Å²) in [6, 6.07) is 2.32. The summed E-state index contributed by atoms with van der Waals surface area (Å²) in [7, 11) is 0.